The van der Waals surface area contributed by atoms with Gasteiger partial charge in [-0.15, -0.1) is 0 Å². The van der Waals surface area contributed by atoms with Gasteiger partial charge in [0.15, 0.2) is 5.82 Å². The number of nitrogens with zero attached hydrogens (tertiary/aromatic N) is 2. The van der Waals surface area contributed by atoms with Crippen LogP contribution in [-0.4, -0.2) is 9.97 Å². The van der Waals surface area contributed by atoms with E-state index < -0.39 is 0 Å². The van der Waals surface area contributed by atoms with Crippen LogP contribution in [0, 0.1) is 0 Å². The maximum atomic E-state index is 5.75. The van der Waals surface area contributed by atoms with Gasteiger partial charge in [-0.1, -0.05) is 18.2 Å². The summed E-state index contributed by atoms with van der Waals surface area (Å²) in [4.78, 5) is 7.78. The van der Waals surface area contributed by atoms with E-state index in [4.69, 9.17) is 16.3 Å². The fourth-order valence-corrected chi connectivity index (χ4v) is 1.18. The van der Waals surface area contributed by atoms with Gasteiger partial charge in [0, 0.05) is 0 Å². The summed E-state index contributed by atoms with van der Waals surface area (Å²) in [5.74, 6) is 6.49. The maximum absolute atomic E-state index is 5.75. The molecule has 0 saturated carbocycles. The van der Waals surface area contributed by atoms with Crippen LogP contribution < -0.4 is 21.7 Å². The molecule has 0 radical (unpaired) electrons. The molecule has 0 aliphatic carbocycles. The summed E-state index contributed by atoms with van der Waals surface area (Å²) in [5.41, 5.74) is 8.39. The van der Waals surface area contributed by atoms with Crippen molar-refractivity contribution < 1.29 is 4.74 Å². The molecule has 6 nitrogen and oxygen atoms in total. The van der Waals surface area contributed by atoms with Crippen molar-refractivity contribution in [2.45, 2.75) is 0 Å². The molecule has 0 bridgehead atoms. The van der Waals surface area contributed by atoms with Crippen molar-refractivity contribution in [2.24, 2.45) is 5.84 Å². The third-order valence-electron chi connectivity index (χ3n) is 1.94. The van der Waals surface area contributed by atoms with Crippen LogP contribution in [0.2, 0.25) is 0 Å². The lowest BCUT2D eigenvalue weighted by atomic mass is 10.3. The number of hydrazine groups is 1. The topological polar surface area (TPSA) is 99.1 Å². The molecule has 0 aliphatic heterocycles. The Kier molecular flexibility index (Phi) is 2.84. The predicted molar refractivity (Wildman–Crippen MR) is 60.8 cm³/mol. The van der Waals surface area contributed by atoms with Crippen LogP contribution >= 0.6 is 0 Å². The van der Waals surface area contributed by atoms with E-state index in [0.29, 0.717) is 11.6 Å². The second kappa shape index (κ2) is 4.45. The van der Waals surface area contributed by atoms with Crippen molar-refractivity contribution in [3.8, 4) is 11.6 Å². The highest BCUT2D eigenvalue weighted by Gasteiger charge is 2.08. The normalized spacial score (nSPS) is 9.81. The fraction of sp³-hybridized carbons (Fsp3) is 0. The van der Waals surface area contributed by atoms with E-state index in [1.807, 2.05) is 18.2 Å². The van der Waals surface area contributed by atoms with Crippen molar-refractivity contribution >= 4 is 11.5 Å². The second-order valence-corrected chi connectivity index (χ2v) is 3.00. The standard InChI is InChI=1S/C10H11N5O/c11-8-9(15-12)13-6-14-10(8)16-7-4-2-1-3-5-7/h1-6H,11-12H2,(H,13,14,15). The number of nitrogens with two attached hydrogens (primary N) is 2. The zero-order valence-corrected chi connectivity index (χ0v) is 8.42. The summed E-state index contributed by atoms with van der Waals surface area (Å²) >= 11 is 0. The van der Waals surface area contributed by atoms with E-state index in [0.717, 1.165) is 0 Å². The van der Waals surface area contributed by atoms with Crippen LogP contribution in [0.25, 0.3) is 0 Å². The molecular formula is C10H11N5O. The van der Waals surface area contributed by atoms with Gasteiger partial charge in [0.25, 0.3) is 0 Å². The number of aromatic nitrogens is 2. The molecule has 16 heavy (non-hydrogen) atoms. The Balaban J connectivity index is 2.28. The summed E-state index contributed by atoms with van der Waals surface area (Å²) in [7, 11) is 0. The van der Waals surface area contributed by atoms with Crippen molar-refractivity contribution in [1.29, 1.82) is 0 Å². The molecule has 82 valence electrons. The first-order valence-corrected chi connectivity index (χ1v) is 4.61. The summed E-state index contributed by atoms with van der Waals surface area (Å²) in [6.07, 6.45) is 1.32. The summed E-state index contributed by atoms with van der Waals surface area (Å²) in [6.45, 7) is 0. The number of anilines is 2. The summed E-state index contributed by atoms with van der Waals surface area (Å²) in [5, 5.41) is 0. The molecule has 6 heteroatoms. The zero-order chi connectivity index (χ0) is 11.4. The zero-order valence-electron chi connectivity index (χ0n) is 8.42. The molecule has 0 atom stereocenters. The Labute approximate surface area is 92.2 Å². The minimum absolute atomic E-state index is 0.272. The van der Waals surface area contributed by atoms with E-state index >= 15 is 0 Å². The van der Waals surface area contributed by atoms with Gasteiger partial charge in [0.05, 0.1) is 0 Å². The minimum atomic E-state index is 0.272. The van der Waals surface area contributed by atoms with Gasteiger partial charge in [-0.3, -0.25) is 0 Å². The van der Waals surface area contributed by atoms with Crippen LogP contribution in [0.1, 0.15) is 0 Å². The quantitative estimate of drug-likeness (QED) is 0.526. The largest absolute Gasteiger partial charge is 0.437 e. The Morgan fingerprint density at radius 1 is 1.12 bits per heavy atom. The molecule has 0 unspecified atom stereocenters. The first-order valence-electron chi connectivity index (χ1n) is 4.61. The molecule has 0 amide bonds. The van der Waals surface area contributed by atoms with Crippen LogP contribution in [0.3, 0.4) is 0 Å². The minimum Gasteiger partial charge on any atom is -0.437 e. The van der Waals surface area contributed by atoms with Gasteiger partial charge in [-0.25, -0.2) is 10.8 Å². The predicted octanol–water partition coefficient (Wildman–Crippen LogP) is 1.14. The molecule has 1 heterocycles. The lowest BCUT2D eigenvalue weighted by molar-refractivity contribution is 0.464. The van der Waals surface area contributed by atoms with E-state index in [-0.39, 0.29) is 11.6 Å². The highest BCUT2D eigenvalue weighted by Crippen LogP contribution is 2.28. The van der Waals surface area contributed by atoms with Gasteiger partial charge < -0.3 is 15.9 Å². The van der Waals surface area contributed by atoms with Crippen LogP contribution in [0.15, 0.2) is 36.7 Å². The van der Waals surface area contributed by atoms with Gasteiger partial charge in [0.2, 0.25) is 5.88 Å². The maximum Gasteiger partial charge on any atom is 0.248 e. The molecule has 0 saturated heterocycles. The van der Waals surface area contributed by atoms with E-state index in [1.165, 1.54) is 6.33 Å². The highest BCUT2D eigenvalue weighted by molar-refractivity contribution is 5.66. The highest BCUT2D eigenvalue weighted by atomic mass is 16.5. The van der Waals surface area contributed by atoms with E-state index in [1.54, 1.807) is 12.1 Å². The molecule has 0 aliphatic rings. The molecule has 0 fully saturated rings. The molecule has 5 N–H and O–H groups in total. The molecule has 0 spiro atoms. The third-order valence-corrected chi connectivity index (χ3v) is 1.94. The number of benzene rings is 1. The Morgan fingerprint density at radius 2 is 1.88 bits per heavy atom. The number of nitrogens with one attached hydrogen (secondary N) is 1. The first kappa shape index (κ1) is 10.2. The fourth-order valence-electron chi connectivity index (χ4n) is 1.18. The first-order chi connectivity index (χ1) is 7.81. The van der Waals surface area contributed by atoms with Crippen molar-refractivity contribution in [3.63, 3.8) is 0 Å². The van der Waals surface area contributed by atoms with Crippen molar-refractivity contribution in [3.05, 3.63) is 36.7 Å². The summed E-state index contributed by atoms with van der Waals surface area (Å²) in [6, 6.07) is 9.21. The lowest BCUT2D eigenvalue weighted by Gasteiger charge is -2.09. The Bertz CT molecular complexity index is 474. The smallest absolute Gasteiger partial charge is 0.248 e. The average molecular weight is 217 g/mol. The average Bonchev–Trinajstić information content (AvgIpc) is 2.33. The van der Waals surface area contributed by atoms with Crippen LogP contribution in [-0.2, 0) is 0 Å². The van der Waals surface area contributed by atoms with Gasteiger partial charge in [0.1, 0.15) is 17.8 Å². The number of hydrogen-bond acceptors (Lipinski definition) is 6. The summed E-state index contributed by atoms with van der Waals surface area (Å²) < 4.78 is 5.48. The molecule has 1 aromatic carbocycles. The van der Waals surface area contributed by atoms with Crippen molar-refractivity contribution in [2.75, 3.05) is 11.2 Å². The number of para-hydroxylation sites is 1. The second-order valence-electron chi connectivity index (χ2n) is 3.00. The van der Waals surface area contributed by atoms with Crippen molar-refractivity contribution in [1.82, 2.24) is 9.97 Å². The third kappa shape index (κ3) is 2.01. The monoisotopic (exact) mass is 217 g/mol. The number of rotatable bonds is 3. The van der Waals surface area contributed by atoms with Crippen LogP contribution in [0.5, 0.6) is 11.6 Å². The van der Waals surface area contributed by atoms with Gasteiger partial charge in [-0.05, 0) is 12.1 Å². The number of ether oxygens (including phenoxy) is 1. The molecule has 1 aromatic heterocycles. The van der Waals surface area contributed by atoms with Gasteiger partial charge in [-0.2, -0.15) is 4.98 Å². The number of hydrogen-bond donors (Lipinski definition) is 3. The molecular weight excluding hydrogens is 206 g/mol. The van der Waals surface area contributed by atoms with E-state index in [2.05, 4.69) is 15.4 Å². The van der Waals surface area contributed by atoms with E-state index in [9.17, 15) is 0 Å². The Morgan fingerprint density at radius 3 is 2.56 bits per heavy atom. The number of nitrogen functional groups attached to an aromatic ring is 2. The van der Waals surface area contributed by atoms with Crippen LogP contribution in [0.4, 0.5) is 11.5 Å². The molecule has 2 rings (SSSR count). The SMILES string of the molecule is NNc1ncnc(Oc2ccccc2)c1N. The lowest BCUT2D eigenvalue weighted by Crippen LogP contribution is -2.12. The molecule has 2 aromatic rings. The Hall–Kier alpha value is -2.34. The van der Waals surface area contributed by atoms with Gasteiger partial charge >= 0.3 is 0 Å².